The zero-order valence-electron chi connectivity index (χ0n) is 13.7. The maximum atomic E-state index is 12.3. The Balaban J connectivity index is 1.94. The fourth-order valence-electron chi connectivity index (χ4n) is 2.01. The van der Waals surface area contributed by atoms with Crippen molar-refractivity contribution in [1.29, 1.82) is 0 Å². The number of rotatable bonds is 7. The number of hydrogen-bond acceptors (Lipinski definition) is 5. The number of hydrazine groups is 1. The predicted molar refractivity (Wildman–Crippen MR) is 95.0 cm³/mol. The lowest BCUT2D eigenvalue weighted by molar-refractivity contribution is -0.123. The molecule has 0 radical (unpaired) electrons. The van der Waals surface area contributed by atoms with Crippen molar-refractivity contribution in [3.8, 4) is 0 Å². The molecule has 0 fully saturated rings. The van der Waals surface area contributed by atoms with Crippen molar-refractivity contribution in [2.75, 3.05) is 12.0 Å². The minimum absolute atomic E-state index is 0.0780. The van der Waals surface area contributed by atoms with Gasteiger partial charge >= 0.3 is 5.91 Å². The van der Waals surface area contributed by atoms with Crippen molar-refractivity contribution in [3.63, 3.8) is 0 Å². The minimum atomic E-state index is -0.767. The molecule has 3 N–H and O–H groups in total. The lowest BCUT2D eigenvalue weighted by Gasteiger charge is -2.18. The number of nitrogens with one attached hydrogen (secondary N) is 3. The topological polar surface area (TPSA) is 100 Å². The van der Waals surface area contributed by atoms with Crippen LogP contribution in [-0.4, -0.2) is 35.8 Å². The van der Waals surface area contributed by atoms with E-state index in [1.807, 2.05) is 6.26 Å². The van der Waals surface area contributed by atoms with Crippen LogP contribution in [0.1, 0.15) is 27.3 Å². The van der Waals surface area contributed by atoms with E-state index >= 15 is 0 Å². The van der Waals surface area contributed by atoms with Crippen molar-refractivity contribution < 1.29 is 18.8 Å². The molecule has 0 unspecified atom stereocenters. The highest BCUT2D eigenvalue weighted by molar-refractivity contribution is 7.98. The van der Waals surface area contributed by atoms with Crippen LogP contribution >= 0.6 is 11.8 Å². The zero-order chi connectivity index (χ0) is 18.1. The highest BCUT2D eigenvalue weighted by atomic mass is 32.2. The van der Waals surface area contributed by atoms with E-state index in [0.717, 1.165) is 0 Å². The first-order valence-electron chi connectivity index (χ1n) is 7.60. The fourth-order valence-corrected chi connectivity index (χ4v) is 2.48. The van der Waals surface area contributed by atoms with Gasteiger partial charge in [0.1, 0.15) is 6.04 Å². The van der Waals surface area contributed by atoms with Crippen LogP contribution in [0.3, 0.4) is 0 Å². The van der Waals surface area contributed by atoms with E-state index in [4.69, 9.17) is 4.42 Å². The molecule has 1 aromatic carbocycles. The van der Waals surface area contributed by atoms with Gasteiger partial charge in [-0.1, -0.05) is 18.2 Å². The maximum absolute atomic E-state index is 12.3. The lowest BCUT2D eigenvalue weighted by Crippen LogP contribution is -2.52. The third kappa shape index (κ3) is 5.68. The average molecular weight is 361 g/mol. The van der Waals surface area contributed by atoms with Gasteiger partial charge in [-0.15, -0.1) is 0 Å². The van der Waals surface area contributed by atoms with Gasteiger partial charge in [-0.05, 0) is 42.7 Å². The summed E-state index contributed by atoms with van der Waals surface area (Å²) in [5.74, 6) is -0.665. The van der Waals surface area contributed by atoms with Gasteiger partial charge in [0.25, 0.3) is 11.8 Å². The van der Waals surface area contributed by atoms with Gasteiger partial charge < -0.3 is 9.73 Å². The number of furan rings is 1. The van der Waals surface area contributed by atoms with Crippen molar-refractivity contribution in [2.24, 2.45) is 0 Å². The van der Waals surface area contributed by atoms with Gasteiger partial charge in [0.05, 0.1) is 6.26 Å². The summed E-state index contributed by atoms with van der Waals surface area (Å²) < 4.78 is 4.94. The van der Waals surface area contributed by atoms with E-state index < -0.39 is 17.9 Å². The highest BCUT2D eigenvalue weighted by Crippen LogP contribution is 2.04. The van der Waals surface area contributed by atoms with Gasteiger partial charge in [-0.25, -0.2) is 0 Å². The smallest absolute Gasteiger partial charge is 0.305 e. The van der Waals surface area contributed by atoms with E-state index in [0.29, 0.717) is 17.7 Å². The molecule has 0 aliphatic carbocycles. The summed E-state index contributed by atoms with van der Waals surface area (Å²) in [5, 5.41) is 2.69. The number of thioether (sulfide) groups is 1. The SMILES string of the molecule is CSCC[C@@H](NC(=O)c1ccccc1)C(=O)NNC(=O)c1ccco1. The molecule has 1 heterocycles. The van der Waals surface area contributed by atoms with Gasteiger partial charge in [0.15, 0.2) is 5.76 Å². The Morgan fingerprint density at radius 2 is 1.80 bits per heavy atom. The first-order valence-corrected chi connectivity index (χ1v) is 8.99. The molecule has 0 bridgehead atoms. The lowest BCUT2D eigenvalue weighted by atomic mass is 10.1. The minimum Gasteiger partial charge on any atom is -0.459 e. The Hall–Kier alpha value is -2.74. The summed E-state index contributed by atoms with van der Waals surface area (Å²) in [4.78, 5) is 36.3. The zero-order valence-corrected chi connectivity index (χ0v) is 14.5. The molecule has 3 amide bonds. The second-order valence-corrected chi connectivity index (χ2v) is 6.08. The van der Waals surface area contributed by atoms with Crippen LogP contribution in [0, 0.1) is 0 Å². The van der Waals surface area contributed by atoms with E-state index in [1.54, 1.807) is 48.2 Å². The number of amides is 3. The van der Waals surface area contributed by atoms with Gasteiger partial charge in [-0.2, -0.15) is 11.8 Å². The Morgan fingerprint density at radius 3 is 2.44 bits per heavy atom. The van der Waals surface area contributed by atoms with E-state index in [-0.39, 0.29) is 11.7 Å². The van der Waals surface area contributed by atoms with E-state index in [9.17, 15) is 14.4 Å². The van der Waals surface area contributed by atoms with Crippen LogP contribution < -0.4 is 16.2 Å². The third-order valence-corrected chi connectivity index (χ3v) is 3.96. The van der Waals surface area contributed by atoms with Crippen LogP contribution in [-0.2, 0) is 4.79 Å². The number of carbonyl (C=O) groups excluding carboxylic acids is 3. The molecule has 1 atom stereocenters. The quantitative estimate of drug-likeness (QED) is 0.650. The first kappa shape index (κ1) is 18.6. The Bertz CT molecular complexity index is 704. The summed E-state index contributed by atoms with van der Waals surface area (Å²) in [6.45, 7) is 0. The van der Waals surface area contributed by atoms with Crippen molar-refractivity contribution >= 4 is 29.5 Å². The molecule has 2 rings (SSSR count). The van der Waals surface area contributed by atoms with E-state index in [2.05, 4.69) is 16.2 Å². The summed E-state index contributed by atoms with van der Waals surface area (Å²) in [5.41, 5.74) is 5.04. The standard InChI is InChI=1S/C17H19N3O4S/c1-25-11-9-13(18-15(21)12-6-3-2-4-7-12)16(22)19-20-17(23)14-8-5-10-24-14/h2-8,10,13H,9,11H2,1H3,(H,18,21)(H,19,22)(H,20,23)/t13-/m1/s1. The van der Waals surface area contributed by atoms with Gasteiger partial charge in [-0.3, -0.25) is 25.2 Å². The molecule has 132 valence electrons. The molecule has 2 aromatic rings. The average Bonchev–Trinajstić information content (AvgIpc) is 3.18. The first-order chi connectivity index (χ1) is 12.1. The molecule has 0 aliphatic rings. The molecule has 1 aromatic heterocycles. The summed E-state index contributed by atoms with van der Waals surface area (Å²) in [7, 11) is 0. The molecular formula is C17H19N3O4S. The molecule has 0 saturated heterocycles. The Kier molecular flexibility index (Phi) is 7.09. The molecule has 8 heteroatoms. The maximum Gasteiger partial charge on any atom is 0.305 e. The van der Waals surface area contributed by atoms with Crippen LogP contribution in [0.15, 0.2) is 53.1 Å². The molecule has 0 spiro atoms. The largest absolute Gasteiger partial charge is 0.459 e. The van der Waals surface area contributed by atoms with Gasteiger partial charge in [0, 0.05) is 5.56 Å². The Morgan fingerprint density at radius 1 is 1.04 bits per heavy atom. The summed E-state index contributed by atoms with van der Waals surface area (Å²) >= 11 is 1.56. The fraction of sp³-hybridized carbons (Fsp3) is 0.235. The van der Waals surface area contributed by atoms with E-state index in [1.165, 1.54) is 12.3 Å². The second-order valence-electron chi connectivity index (χ2n) is 5.09. The normalized spacial score (nSPS) is 11.4. The number of hydrogen-bond donors (Lipinski definition) is 3. The van der Waals surface area contributed by atoms with Crippen molar-refractivity contribution in [2.45, 2.75) is 12.5 Å². The number of benzene rings is 1. The van der Waals surface area contributed by atoms with Gasteiger partial charge in [0.2, 0.25) is 0 Å². The summed E-state index contributed by atoms with van der Waals surface area (Å²) in [6, 6.07) is 10.9. The van der Waals surface area contributed by atoms with Crippen molar-refractivity contribution in [1.82, 2.24) is 16.2 Å². The second kappa shape index (κ2) is 9.53. The molecule has 0 saturated carbocycles. The van der Waals surface area contributed by atoms with Crippen molar-refractivity contribution in [3.05, 3.63) is 60.1 Å². The van der Waals surface area contributed by atoms with Crippen LogP contribution in [0.25, 0.3) is 0 Å². The van der Waals surface area contributed by atoms with Crippen LogP contribution in [0.5, 0.6) is 0 Å². The Labute approximate surface area is 149 Å². The van der Waals surface area contributed by atoms with Crippen LogP contribution in [0.4, 0.5) is 0 Å². The van der Waals surface area contributed by atoms with Crippen LogP contribution in [0.2, 0.25) is 0 Å². The predicted octanol–water partition coefficient (Wildman–Crippen LogP) is 1.59. The monoisotopic (exact) mass is 361 g/mol. The molecular weight excluding hydrogens is 342 g/mol. The third-order valence-electron chi connectivity index (χ3n) is 3.31. The molecule has 0 aliphatic heterocycles. The molecule has 7 nitrogen and oxygen atoms in total. The summed E-state index contributed by atoms with van der Waals surface area (Å²) in [6.07, 6.45) is 3.70. The highest BCUT2D eigenvalue weighted by Gasteiger charge is 2.22. The molecule has 25 heavy (non-hydrogen) atoms. The number of carbonyl (C=O) groups is 3.